The smallest absolute Gasteiger partial charge is 0.226 e. The molecule has 0 radical (unpaired) electrons. The normalized spacial score (nSPS) is 18.9. The summed E-state index contributed by atoms with van der Waals surface area (Å²) in [5.41, 5.74) is 0.788. The number of rotatable bonds is 5. The van der Waals surface area contributed by atoms with E-state index < -0.39 is 0 Å². The molecule has 3 rings (SSSR count). The number of likely N-dealkylation sites (N-methyl/N-ethyl adjacent to an activating group) is 1. The molecule has 0 spiro atoms. The van der Waals surface area contributed by atoms with E-state index in [1.807, 2.05) is 13.2 Å². The van der Waals surface area contributed by atoms with E-state index in [0.29, 0.717) is 12.0 Å². The summed E-state index contributed by atoms with van der Waals surface area (Å²) in [6.07, 6.45) is 2.99. The van der Waals surface area contributed by atoms with Crippen molar-refractivity contribution in [2.24, 2.45) is 0 Å². The maximum Gasteiger partial charge on any atom is 0.226 e. The quantitative estimate of drug-likeness (QED) is 0.865. The highest BCUT2D eigenvalue weighted by molar-refractivity contribution is 5.87. The fraction of sp³-hybridized carbons (Fsp3) is 0.643. The minimum Gasteiger partial charge on any atom is -0.357 e. The fourth-order valence-electron chi connectivity index (χ4n) is 3.14. The molecular formula is C14H23N7. The van der Waals surface area contributed by atoms with Crippen molar-refractivity contribution in [3.05, 3.63) is 6.20 Å². The van der Waals surface area contributed by atoms with Crippen molar-refractivity contribution in [2.75, 3.05) is 43.4 Å². The number of hydrogen-bond acceptors (Lipinski definition) is 6. The summed E-state index contributed by atoms with van der Waals surface area (Å²) < 4.78 is 0. The Labute approximate surface area is 124 Å². The molecule has 0 aromatic carbocycles. The third kappa shape index (κ3) is 2.53. The topological polar surface area (TPSA) is 73.0 Å². The monoisotopic (exact) mass is 289 g/mol. The highest BCUT2D eigenvalue weighted by Gasteiger charge is 2.28. The number of nitrogens with zero attached hydrogens (tertiary/aromatic N) is 5. The summed E-state index contributed by atoms with van der Waals surface area (Å²) in [5, 5.41) is 11.1. The predicted molar refractivity (Wildman–Crippen MR) is 84.8 cm³/mol. The third-order valence-corrected chi connectivity index (χ3v) is 4.30. The number of anilines is 2. The highest BCUT2D eigenvalue weighted by atomic mass is 15.3. The van der Waals surface area contributed by atoms with E-state index in [9.17, 15) is 0 Å². The largest absolute Gasteiger partial charge is 0.357 e. The summed E-state index contributed by atoms with van der Waals surface area (Å²) in [6, 6.07) is 0.606. The Bertz CT molecular complexity index is 604. The molecule has 1 unspecified atom stereocenters. The summed E-state index contributed by atoms with van der Waals surface area (Å²) >= 11 is 0. The van der Waals surface area contributed by atoms with E-state index in [-0.39, 0.29) is 0 Å². The van der Waals surface area contributed by atoms with Crippen LogP contribution in [0.5, 0.6) is 0 Å². The first-order chi connectivity index (χ1) is 10.3. The van der Waals surface area contributed by atoms with Crippen molar-refractivity contribution < 1.29 is 0 Å². The molecule has 1 saturated heterocycles. The lowest BCUT2D eigenvalue weighted by atomic mass is 10.2. The number of nitrogens with one attached hydrogen (secondary N) is 2. The minimum absolute atomic E-state index is 0.606. The Balaban J connectivity index is 1.89. The molecule has 0 aliphatic carbocycles. The van der Waals surface area contributed by atoms with Crippen molar-refractivity contribution in [3.63, 3.8) is 0 Å². The zero-order valence-electron chi connectivity index (χ0n) is 12.9. The van der Waals surface area contributed by atoms with Gasteiger partial charge in [-0.15, -0.1) is 0 Å². The van der Waals surface area contributed by atoms with E-state index in [2.05, 4.69) is 49.1 Å². The molecule has 0 saturated carbocycles. The number of aromatic nitrogens is 4. The first-order valence-electron chi connectivity index (χ1n) is 7.64. The van der Waals surface area contributed by atoms with Crippen LogP contribution in [-0.2, 0) is 0 Å². The van der Waals surface area contributed by atoms with E-state index in [0.717, 1.165) is 43.0 Å². The van der Waals surface area contributed by atoms with Gasteiger partial charge in [-0.3, -0.25) is 10.00 Å². The van der Waals surface area contributed by atoms with Gasteiger partial charge in [0.2, 0.25) is 5.95 Å². The van der Waals surface area contributed by atoms with Crippen LogP contribution in [0.3, 0.4) is 0 Å². The van der Waals surface area contributed by atoms with Gasteiger partial charge >= 0.3 is 0 Å². The Hall–Kier alpha value is -1.89. The highest BCUT2D eigenvalue weighted by Crippen LogP contribution is 2.28. The summed E-state index contributed by atoms with van der Waals surface area (Å²) in [6.45, 7) is 8.70. The zero-order valence-corrected chi connectivity index (χ0v) is 12.9. The van der Waals surface area contributed by atoms with Crippen LogP contribution in [0.2, 0.25) is 0 Å². The van der Waals surface area contributed by atoms with Crippen molar-refractivity contribution in [1.82, 2.24) is 25.1 Å². The molecule has 114 valence electrons. The fourth-order valence-corrected chi connectivity index (χ4v) is 3.14. The van der Waals surface area contributed by atoms with Gasteiger partial charge in [0.1, 0.15) is 5.82 Å². The Morgan fingerprint density at radius 1 is 1.38 bits per heavy atom. The molecule has 0 amide bonds. The molecule has 1 atom stereocenters. The second-order valence-electron chi connectivity index (χ2n) is 5.36. The average Bonchev–Trinajstić information content (AvgIpc) is 3.16. The van der Waals surface area contributed by atoms with Crippen molar-refractivity contribution in [3.8, 4) is 0 Å². The second kappa shape index (κ2) is 5.85. The van der Waals surface area contributed by atoms with Gasteiger partial charge < -0.3 is 10.2 Å². The first kappa shape index (κ1) is 14.1. The van der Waals surface area contributed by atoms with Gasteiger partial charge in [-0.25, -0.2) is 0 Å². The van der Waals surface area contributed by atoms with Crippen molar-refractivity contribution in [1.29, 1.82) is 0 Å². The SMILES string of the molecule is CCN(CC)C1CCN(c2nc(NC)nc3[nH]ncc23)C1. The molecular weight excluding hydrogens is 266 g/mol. The van der Waals surface area contributed by atoms with Crippen LogP contribution in [0.15, 0.2) is 6.20 Å². The van der Waals surface area contributed by atoms with Gasteiger partial charge in [0.05, 0.1) is 11.6 Å². The first-order valence-corrected chi connectivity index (χ1v) is 7.64. The van der Waals surface area contributed by atoms with E-state index in [1.54, 1.807) is 0 Å². The number of fused-ring (bicyclic) bond motifs is 1. The number of aromatic amines is 1. The van der Waals surface area contributed by atoms with Crippen LogP contribution in [0.25, 0.3) is 11.0 Å². The number of H-pyrrole nitrogens is 1. The molecule has 1 aliphatic heterocycles. The molecule has 3 heterocycles. The molecule has 2 N–H and O–H groups in total. The van der Waals surface area contributed by atoms with Gasteiger partial charge in [-0.2, -0.15) is 15.1 Å². The lowest BCUT2D eigenvalue weighted by Crippen LogP contribution is -2.37. The Kier molecular flexibility index (Phi) is 3.92. The molecule has 7 nitrogen and oxygen atoms in total. The Morgan fingerprint density at radius 2 is 2.19 bits per heavy atom. The van der Waals surface area contributed by atoms with Gasteiger partial charge in [0.15, 0.2) is 5.65 Å². The second-order valence-corrected chi connectivity index (χ2v) is 5.36. The maximum absolute atomic E-state index is 4.64. The maximum atomic E-state index is 4.64. The van der Waals surface area contributed by atoms with Crippen LogP contribution in [0.4, 0.5) is 11.8 Å². The molecule has 21 heavy (non-hydrogen) atoms. The van der Waals surface area contributed by atoms with Crippen molar-refractivity contribution >= 4 is 22.8 Å². The Morgan fingerprint density at radius 3 is 2.90 bits per heavy atom. The summed E-state index contributed by atoms with van der Waals surface area (Å²) in [4.78, 5) is 13.9. The van der Waals surface area contributed by atoms with Crippen LogP contribution in [0, 0.1) is 0 Å². The van der Waals surface area contributed by atoms with Gasteiger partial charge in [0, 0.05) is 26.2 Å². The molecule has 1 fully saturated rings. The van der Waals surface area contributed by atoms with E-state index >= 15 is 0 Å². The minimum atomic E-state index is 0.606. The lowest BCUT2D eigenvalue weighted by Gasteiger charge is -2.26. The molecule has 0 bridgehead atoms. The van der Waals surface area contributed by atoms with Gasteiger partial charge in [-0.05, 0) is 19.5 Å². The number of hydrogen-bond donors (Lipinski definition) is 2. The third-order valence-electron chi connectivity index (χ3n) is 4.30. The molecule has 2 aromatic heterocycles. The zero-order chi connectivity index (χ0) is 14.8. The molecule has 7 heteroatoms. The average molecular weight is 289 g/mol. The van der Waals surface area contributed by atoms with E-state index in [1.165, 1.54) is 6.42 Å². The predicted octanol–water partition coefficient (Wildman–Crippen LogP) is 1.32. The van der Waals surface area contributed by atoms with Crippen LogP contribution < -0.4 is 10.2 Å². The summed E-state index contributed by atoms with van der Waals surface area (Å²) in [5.74, 6) is 1.61. The molecule has 1 aliphatic rings. The lowest BCUT2D eigenvalue weighted by molar-refractivity contribution is 0.232. The van der Waals surface area contributed by atoms with Crippen LogP contribution in [0.1, 0.15) is 20.3 Å². The van der Waals surface area contributed by atoms with Gasteiger partial charge in [-0.1, -0.05) is 13.8 Å². The van der Waals surface area contributed by atoms with Crippen LogP contribution >= 0.6 is 0 Å². The van der Waals surface area contributed by atoms with Crippen LogP contribution in [-0.4, -0.2) is 64.3 Å². The van der Waals surface area contributed by atoms with E-state index in [4.69, 9.17) is 0 Å². The van der Waals surface area contributed by atoms with Gasteiger partial charge in [0.25, 0.3) is 0 Å². The van der Waals surface area contributed by atoms with Crippen molar-refractivity contribution in [2.45, 2.75) is 26.3 Å². The standard InChI is InChI=1S/C14H23N7/c1-4-20(5-2)10-6-7-21(9-10)13-11-8-16-19-12(11)17-14(15-3)18-13/h8,10H,4-7,9H2,1-3H3,(H2,15,16,17,18,19). The molecule has 2 aromatic rings. The summed E-state index contributed by atoms with van der Waals surface area (Å²) in [7, 11) is 1.84.